The van der Waals surface area contributed by atoms with Crippen LogP contribution in [-0.4, -0.2) is 57.7 Å². The lowest BCUT2D eigenvalue weighted by molar-refractivity contribution is 0.386. The van der Waals surface area contributed by atoms with E-state index in [9.17, 15) is 12.8 Å². The van der Waals surface area contributed by atoms with Gasteiger partial charge in [-0.15, -0.1) is 24.0 Å². The van der Waals surface area contributed by atoms with E-state index in [0.717, 1.165) is 5.56 Å². The molecule has 162 valence electrons. The molecule has 1 atom stereocenters. The van der Waals surface area contributed by atoms with Crippen molar-refractivity contribution in [3.05, 3.63) is 29.6 Å². The Morgan fingerprint density at radius 2 is 1.93 bits per heavy atom. The van der Waals surface area contributed by atoms with Gasteiger partial charge in [-0.2, -0.15) is 0 Å². The Labute approximate surface area is 185 Å². The highest BCUT2D eigenvalue weighted by Crippen LogP contribution is 2.21. The van der Waals surface area contributed by atoms with Crippen molar-refractivity contribution in [1.82, 2.24) is 14.9 Å². The molecule has 0 aliphatic carbocycles. The second-order valence-corrected chi connectivity index (χ2v) is 8.01. The molecule has 0 spiro atoms. The summed E-state index contributed by atoms with van der Waals surface area (Å²) in [5, 5.41) is 6.24. The van der Waals surface area contributed by atoms with Crippen LogP contribution in [0.5, 0.6) is 5.75 Å². The zero-order chi connectivity index (χ0) is 20.4. The molecule has 0 radical (unpaired) electrons. The van der Waals surface area contributed by atoms with Gasteiger partial charge < -0.3 is 15.4 Å². The van der Waals surface area contributed by atoms with Crippen LogP contribution in [0.3, 0.4) is 0 Å². The molecule has 0 aliphatic rings. The van der Waals surface area contributed by atoms with Crippen molar-refractivity contribution in [2.75, 3.05) is 39.0 Å². The summed E-state index contributed by atoms with van der Waals surface area (Å²) in [6.45, 7) is 9.07. The van der Waals surface area contributed by atoms with E-state index in [4.69, 9.17) is 4.74 Å². The fraction of sp³-hybridized carbons (Fsp3) is 0.611. The minimum atomic E-state index is -3.32. The van der Waals surface area contributed by atoms with E-state index in [2.05, 4.69) is 15.6 Å². The maximum atomic E-state index is 13.9. The highest BCUT2D eigenvalue weighted by Gasteiger charge is 2.18. The first-order chi connectivity index (χ1) is 12.8. The minimum Gasteiger partial charge on any atom is -0.494 e. The number of methoxy groups -OCH3 is 1. The standard InChI is InChI=1S/C18H31FN4O3S.HI/c1-6-20-18(21-11-12-27(24,25)23(7-2)8-3)22-14(4)15-9-10-17(26-5)16(19)13-15;/h9-10,13-14H,6-8,11-12H2,1-5H3,(H2,20,21,22);1H. The van der Waals surface area contributed by atoms with E-state index < -0.39 is 15.8 Å². The number of nitrogens with zero attached hydrogens (tertiary/aromatic N) is 2. The van der Waals surface area contributed by atoms with E-state index in [1.54, 1.807) is 12.1 Å². The Hall–Kier alpha value is -1.14. The molecule has 0 amide bonds. The van der Waals surface area contributed by atoms with E-state index in [-0.39, 0.29) is 48.1 Å². The fourth-order valence-corrected chi connectivity index (χ4v) is 3.95. The zero-order valence-corrected chi connectivity index (χ0v) is 20.3. The molecule has 1 rings (SSSR count). The third-order valence-electron chi connectivity index (χ3n) is 4.09. The lowest BCUT2D eigenvalue weighted by Crippen LogP contribution is -2.39. The molecule has 0 saturated heterocycles. The van der Waals surface area contributed by atoms with Gasteiger partial charge in [-0.05, 0) is 31.5 Å². The van der Waals surface area contributed by atoms with Gasteiger partial charge >= 0.3 is 0 Å². The first-order valence-corrected chi connectivity index (χ1v) is 10.8. The topological polar surface area (TPSA) is 83.0 Å². The van der Waals surface area contributed by atoms with Gasteiger partial charge in [0.05, 0.1) is 25.4 Å². The predicted octanol–water partition coefficient (Wildman–Crippen LogP) is 2.74. The van der Waals surface area contributed by atoms with Crippen LogP contribution >= 0.6 is 24.0 Å². The number of hydrogen-bond donors (Lipinski definition) is 2. The monoisotopic (exact) mass is 530 g/mol. The highest BCUT2D eigenvalue weighted by molar-refractivity contribution is 14.0. The lowest BCUT2D eigenvalue weighted by atomic mass is 10.1. The van der Waals surface area contributed by atoms with Crippen molar-refractivity contribution in [2.24, 2.45) is 4.99 Å². The maximum absolute atomic E-state index is 13.9. The Bertz CT molecular complexity index is 728. The summed E-state index contributed by atoms with van der Waals surface area (Å²) >= 11 is 0. The Balaban J connectivity index is 0.00000729. The predicted molar refractivity (Wildman–Crippen MR) is 123 cm³/mol. The van der Waals surface area contributed by atoms with Gasteiger partial charge in [-0.3, -0.25) is 4.99 Å². The third kappa shape index (κ3) is 8.08. The molecule has 28 heavy (non-hydrogen) atoms. The van der Waals surface area contributed by atoms with Crippen molar-refractivity contribution in [3.63, 3.8) is 0 Å². The zero-order valence-electron chi connectivity index (χ0n) is 17.2. The fourth-order valence-electron chi connectivity index (χ4n) is 2.58. The molecule has 0 saturated carbocycles. The number of aliphatic imine (C=N–C) groups is 1. The Morgan fingerprint density at radius 1 is 1.29 bits per heavy atom. The normalized spacial score (nSPS) is 13.0. The molecule has 1 aromatic rings. The number of rotatable bonds is 10. The molecular formula is C18H32FIN4O3S. The molecule has 1 aromatic carbocycles. The maximum Gasteiger partial charge on any atom is 0.215 e. The number of hydrogen-bond acceptors (Lipinski definition) is 4. The van der Waals surface area contributed by atoms with Crippen LogP contribution in [0, 0.1) is 5.82 Å². The summed E-state index contributed by atoms with van der Waals surface area (Å²) in [4.78, 5) is 4.34. The molecular weight excluding hydrogens is 498 g/mol. The van der Waals surface area contributed by atoms with Crippen LogP contribution in [0.4, 0.5) is 4.39 Å². The average Bonchev–Trinajstić information content (AvgIpc) is 2.62. The number of nitrogens with one attached hydrogen (secondary N) is 2. The van der Waals surface area contributed by atoms with Crippen molar-refractivity contribution in [1.29, 1.82) is 0 Å². The van der Waals surface area contributed by atoms with Crippen molar-refractivity contribution in [3.8, 4) is 5.75 Å². The van der Waals surface area contributed by atoms with E-state index >= 15 is 0 Å². The highest BCUT2D eigenvalue weighted by atomic mass is 127. The number of guanidine groups is 1. The van der Waals surface area contributed by atoms with Crippen LogP contribution in [0.1, 0.15) is 39.3 Å². The smallest absolute Gasteiger partial charge is 0.215 e. The Morgan fingerprint density at radius 3 is 2.43 bits per heavy atom. The van der Waals surface area contributed by atoms with Crippen LogP contribution in [0.15, 0.2) is 23.2 Å². The number of ether oxygens (including phenoxy) is 1. The van der Waals surface area contributed by atoms with E-state index in [1.807, 2.05) is 27.7 Å². The summed E-state index contributed by atoms with van der Waals surface area (Å²) in [6, 6.07) is 4.53. The SMILES string of the molecule is CCNC(=NCCS(=O)(=O)N(CC)CC)NC(C)c1ccc(OC)c(F)c1.I. The van der Waals surface area contributed by atoms with Gasteiger partial charge in [0.25, 0.3) is 0 Å². The summed E-state index contributed by atoms with van der Waals surface area (Å²) < 4.78 is 44.7. The molecule has 0 aromatic heterocycles. The van der Waals surface area contributed by atoms with Gasteiger partial charge in [-0.25, -0.2) is 17.1 Å². The second kappa shape index (κ2) is 13.2. The van der Waals surface area contributed by atoms with Gasteiger partial charge in [0.2, 0.25) is 10.0 Å². The molecule has 0 aliphatic heterocycles. The van der Waals surface area contributed by atoms with E-state index in [0.29, 0.717) is 25.6 Å². The first kappa shape index (κ1) is 26.9. The molecule has 10 heteroatoms. The number of benzene rings is 1. The number of halogens is 2. The largest absolute Gasteiger partial charge is 0.494 e. The van der Waals surface area contributed by atoms with Crippen LogP contribution in [0.25, 0.3) is 0 Å². The van der Waals surface area contributed by atoms with Gasteiger partial charge in [0.15, 0.2) is 17.5 Å². The molecule has 1 unspecified atom stereocenters. The Kier molecular flexibility index (Phi) is 12.6. The summed E-state index contributed by atoms with van der Waals surface area (Å²) in [6.07, 6.45) is 0. The quantitative estimate of drug-likeness (QED) is 0.276. The third-order valence-corrected chi connectivity index (χ3v) is 6.09. The van der Waals surface area contributed by atoms with Gasteiger partial charge in [0, 0.05) is 19.6 Å². The van der Waals surface area contributed by atoms with Crippen LogP contribution in [0.2, 0.25) is 0 Å². The van der Waals surface area contributed by atoms with Crippen molar-refractivity contribution >= 4 is 40.0 Å². The van der Waals surface area contributed by atoms with Crippen molar-refractivity contribution < 1.29 is 17.5 Å². The first-order valence-electron chi connectivity index (χ1n) is 9.15. The second-order valence-electron chi connectivity index (χ2n) is 5.92. The average molecular weight is 530 g/mol. The summed E-state index contributed by atoms with van der Waals surface area (Å²) in [5.41, 5.74) is 0.731. The molecule has 0 heterocycles. The molecule has 2 N–H and O–H groups in total. The summed E-state index contributed by atoms with van der Waals surface area (Å²) in [5.74, 6) is 0.177. The van der Waals surface area contributed by atoms with E-state index in [1.165, 1.54) is 17.5 Å². The molecule has 0 bridgehead atoms. The number of sulfonamides is 1. The van der Waals surface area contributed by atoms with Gasteiger partial charge in [0.1, 0.15) is 0 Å². The molecule has 0 fully saturated rings. The van der Waals surface area contributed by atoms with Crippen LogP contribution in [-0.2, 0) is 10.0 Å². The lowest BCUT2D eigenvalue weighted by Gasteiger charge is -2.20. The molecule has 7 nitrogen and oxygen atoms in total. The summed E-state index contributed by atoms with van der Waals surface area (Å²) in [7, 11) is -1.90. The van der Waals surface area contributed by atoms with Gasteiger partial charge in [-0.1, -0.05) is 19.9 Å². The minimum absolute atomic E-state index is 0. The van der Waals surface area contributed by atoms with Crippen molar-refractivity contribution in [2.45, 2.75) is 33.7 Å². The van der Waals surface area contributed by atoms with Crippen LogP contribution < -0.4 is 15.4 Å².